The number of carbonyl (C=O) groups is 1. The van der Waals surface area contributed by atoms with Crippen molar-refractivity contribution in [1.29, 1.82) is 0 Å². The fraction of sp³-hybridized carbons (Fsp3) is 0.278. The van der Waals surface area contributed by atoms with Crippen LogP contribution in [0, 0.1) is 6.92 Å². The van der Waals surface area contributed by atoms with Crippen LogP contribution in [-0.4, -0.2) is 32.3 Å². The summed E-state index contributed by atoms with van der Waals surface area (Å²) in [6.07, 6.45) is 3.17. The highest BCUT2D eigenvalue weighted by atomic mass is 32.2. The Labute approximate surface area is 155 Å². The van der Waals surface area contributed by atoms with Crippen LogP contribution >= 0.6 is 11.8 Å². The van der Waals surface area contributed by atoms with Gasteiger partial charge < -0.3 is 9.73 Å². The van der Waals surface area contributed by atoms with Crippen LogP contribution in [0.15, 0.2) is 40.1 Å². The van der Waals surface area contributed by atoms with Gasteiger partial charge in [0.25, 0.3) is 5.91 Å². The highest BCUT2D eigenvalue weighted by Crippen LogP contribution is 2.25. The molecular weight excluding hydrogens is 350 g/mol. The van der Waals surface area contributed by atoms with E-state index >= 15 is 0 Å². The number of nitrogens with one attached hydrogen (secondary N) is 1. The van der Waals surface area contributed by atoms with Gasteiger partial charge in [-0.3, -0.25) is 4.79 Å². The van der Waals surface area contributed by atoms with E-state index in [-0.39, 0.29) is 11.8 Å². The molecule has 0 saturated heterocycles. The van der Waals surface area contributed by atoms with Crippen molar-refractivity contribution in [1.82, 2.24) is 20.2 Å². The maximum absolute atomic E-state index is 12.8. The third kappa shape index (κ3) is 3.75. The van der Waals surface area contributed by atoms with E-state index in [0.29, 0.717) is 27.9 Å². The van der Waals surface area contributed by atoms with Gasteiger partial charge in [-0.25, -0.2) is 9.97 Å². The topological polar surface area (TPSA) is 93.8 Å². The molecule has 0 aliphatic rings. The molecule has 2 aromatic heterocycles. The Hall–Kier alpha value is -2.74. The molecule has 0 atom stereocenters. The van der Waals surface area contributed by atoms with Gasteiger partial charge in [-0.05, 0) is 31.4 Å². The second kappa shape index (κ2) is 7.65. The molecule has 26 heavy (non-hydrogen) atoms. The normalized spacial score (nSPS) is 11.0. The first-order chi connectivity index (χ1) is 12.5. The van der Waals surface area contributed by atoms with Gasteiger partial charge >= 0.3 is 0 Å². The number of aromatic nitrogens is 4. The minimum Gasteiger partial charge on any atom is -0.423 e. The quantitative estimate of drug-likeness (QED) is 0.538. The lowest BCUT2D eigenvalue weighted by Gasteiger charge is -2.13. The Morgan fingerprint density at radius 1 is 1.27 bits per heavy atom. The second-order valence-electron chi connectivity index (χ2n) is 5.99. The van der Waals surface area contributed by atoms with Crippen molar-refractivity contribution in [2.24, 2.45) is 0 Å². The summed E-state index contributed by atoms with van der Waals surface area (Å²) < 4.78 is 5.20. The van der Waals surface area contributed by atoms with E-state index in [0.717, 1.165) is 11.4 Å². The molecule has 1 aromatic carbocycles. The summed E-state index contributed by atoms with van der Waals surface area (Å²) in [5.74, 6) is 1.08. The second-order valence-corrected chi connectivity index (χ2v) is 6.78. The monoisotopic (exact) mass is 369 g/mol. The first-order valence-electron chi connectivity index (χ1n) is 8.10. The zero-order valence-electron chi connectivity index (χ0n) is 15.0. The lowest BCUT2D eigenvalue weighted by atomic mass is 10.1. The van der Waals surface area contributed by atoms with Gasteiger partial charge in [0.2, 0.25) is 12.3 Å². The number of nitrogens with zero attached hydrogens (tertiary/aromatic N) is 4. The Kier molecular flexibility index (Phi) is 5.32. The molecule has 8 heteroatoms. The van der Waals surface area contributed by atoms with Crippen molar-refractivity contribution < 1.29 is 9.21 Å². The van der Waals surface area contributed by atoms with Crippen LogP contribution in [0.3, 0.4) is 0 Å². The van der Waals surface area contributed by atoms with Crippen LogP contribution in [0.4, 0.5) is 5.69 Å². The predicted octanol–water partition coefficient (Wildman–Crippen LogP) is 3.93. The molecule has 0 aliphatic carbocycles. The van der Waals surface area contributed by atoms with Gasteiger partial charge in [-0.2, -0.15) is 0 Å². The number of amides is 1. The number of carbonyl (C=O) groups excluding carboxylic acids is 1. The van der Waals surface area contributed by atoms with E-state index < -0.39 is 0 Å². The highest BCUT2D eigenvalue weighted by Gasteiger charge is 2.19. The maximum Gasteiger partial charge on any atom is 0.260 e. The van der Waals surface area contributed by atoms with Crippen molar-refractivity contribution in [2.75, 3.05) is 11.6 Å². The minimum absolute atomic E-state index is 0.197. The minimum atomic E-state index is -0.246. The molecule has 0 bridgehead atoms. The molecule has 3 rings (SSSR count). The zero-order chi connectivity index (χ0) is 18.7. The van der Waals surface area contributed by atoms with E-state index in [1.54, 1.807) is 12.1 Å². The summed E-state index contributed by atoms with van der Waals surface area (Å²) in [5.41, 5.74) is 2.52. The van der Waals surface area contributed by atoms with Crippen LogP contribution in [0.25, 0.3) is 11.5 Å². The summed E-state index contributed by atoms with van der Waals surface area (Å²) in [5, 5.41) is 11.1. The summed E-state index contributed by atoms with van der Waals surface area (Å²) in [6, 6.07) is 7.23. The van der Waals surface area contributed by atoms with E-state index in [1.807, 2.05) is 39.2 Å². The maximum atomic E-state index is 12.8. The average molecular weight is 369 g/mol. The Bertz CT molecular complexity index is 925. The molecule has 0 aliphatic heterocycles. The average Bonchev–Trinajstić information content (AvgIpc) is 3.15. The van der Waals surface area contributed by atoms with Crippen LogP contribution in [0.2, 0.25) is 0 Å². The molecule has 2 heterocycles. The number of hydrogen-bond acceptors (Lipinski definition) is 7. The number of anilines is 1. The molecule has 0 fully saturated rings. The molecule has 3 aromatic rings. The van der Waals surface area contributed by atoms with E-state index in [4.69, 9.17) is 4.42 Å². The number of hydrogen-bond donors (Lipinski definition) is 1. The van der Waals surface area contributed by atoms with Crippen molar-refractivity contribution in [3.05, 3.63) is 47.7 Å². The summed E-state index contributed by atoms with van der Waals surface area (Å²) in [7, 11) is 0. The number of benzene rings is 1. The summed E-state index contributed by atoms with van der Waals surface area (Å²) in [4.78, 5) is 21.9. The Balaban J connectivity index is 1.90. The predicted molar refractivity (Wildman–Crippen MR) is 100 cm³/mol. The van der Waals surface area contributed by atoms with Gasteiger partial charge in [-0.15, -0.1) is 22.0 Å². The molecular formula is C18H19N5O2S. The van der Waals surface area contributed by atoms with Crippen LogP contribution < -0.4 is 5.32 Å². The summed E-state index contributed by atoms with van der Waals surface area (Å²) >= 11 is 1.44. The first-order valence-corrected chi connectivity index (χ1v) is 9.32. The lowest BCUT2D eigenvalue weighted by molar-refractivity contribution is 0.102. The van der Waals surface area contributed by atoms with Crippen LogP contribution in [0.1, 0.15) is 41.6 Å². The largest absolute Gasteiger partial charge is 0.423 e. The SMILES string of the molecule is CSc1nc(C(C)C)nc(C)c1C(=O)Nc1cccc(-c2nnco2)c1. The smallest absolute Gasteiger partial charge is 0.260 e. The molecule has 0 spiro atoms. The van der Waals surface area contributed by atoms with Gasteiger partial charge in [0.05, 0.1) is 11.3 Å². The molecule has 1 amide bonds. The van der Waals surface area contributed by atoms with Crippen molar-refractivity contribution in [2.45, 2.75) is 31.7 Å². The molecule has 7 nitrogen and oxygen atoms in total. The fourth-order valence-electron chi connectivity index (χ4n) is 2.46. The molecule has 0 radical (unpaired) electrons. The van der Waals surface area contributed by atoms with Crippen LogP contribution in [-0.2, 0) is 0 Å². The van der Waals surface area contributed by atoms with Gasteiger partial charge in [0.1, 0.15) is 10.9 Å². The number of rotatable bonds is 5. The van der Waals surface area contributed by atoms with E-state index in [9.17, 15) is 4.79 Å². The molecule has 134 valence electrons. The molecule has 0 saturated carbocycles. The summed E-state index contributed by atoms with van der Waals surface area (Å²) in [6.45, 7) is 5.89. The van der Waals surface area contributed by atoms with E-state index in [1.165, 1.54) is 18.2 Å². The fourth-order valence-corrected chi connectivity index (χ4v) is 3.09. The van der Waals surface area contributed by atoms with Crippen LogP contribution in [0.5, 0.6) is 0 Å². The van der Waals surface area contributed by atoms with Gasteiger partial charge in [0.15, 0.2) is 0 Å². The highest BCUT2D eigenvalue weighted by molar-refractivity contribution is 7.98. The van der Waals surface area contributed by atoms with Gasteiger partial charge in [0, 0.05) is 17.2 Å². The number of aryl methyl sites for hydroxylation is 1. The third-order valence-corrected chi connectivity index (χ3v) is 4.42. The number of thioether (sulfide) groups is 1. The Morgan fingerprint density at radius 2 is 2.08 bits per heavy atom. The first kappa shape index (κ1) is 18.1. The van der Waals surface area contributed by atoms with Crippen molar-refractivity contribution in [3.8, 4) is 11.5 Å². The van der Waals surface area contributed by atoms with E-state index in [2.05, 4.69) is 25.5 Å². The molecule has 0 unspecified atom stereocenters. The Morgan fingerprint density at radius 3 is 2.73 bits per heavy atom. The zero-order valence-corrected chi connectivity index (χ0v) is 15.8. The van der Waals surface area contributed by atoms with Crippen molar-refractivity contribution >= 4 is 23.4 Å². The third-order valence-electron chi connectivity index (χ3n) is 3.74. The standard InChI is InChI=1S/C18H19N5O2S/c1-10(2)15-20-11(3)14(18(22-15)26-4)16(24)21-13-7-5-6-12(8-13)17-23-19-9-25-17/h5-10H,1-4H3,(H,21,24). The lowest BCUT2D eigenvalue weighted by Crippen LogP contribution is -2.17. The van der Waals surface area contributed by atoms with Crippen molar-refractivity contribution in [3.63, 3.8) is 0 Å². The molecule has 1 N–H and O–H groups in total. The van der Waals surface area contributed by atoms with Gasteiger partial charge in [-0.1, -0.05) is 19.9 Å².